The first-order chi connectivity index (χ1) is 5.99. The summed E-state index contributed by atoms with van der Waals surface area (Å²) in [6.07, 6.45) is 2.86. The van der Waals surface area contributed by atoms with E-state index < -0.39 is 0 Å². The second kappa shape index (κ2) is 3.81. The minimum Gasteiger partial charge on any atom is -0.381 e. The summed E-state index contributed by atoms with van der Waals surface area (Å²) in [4.78, 5) is 0. The van der Waals surface area contributed by atoms with Crippen LogP contribution >= 0.6 is 0 Å². The Kier molecular flexibility index (Phi) is 2.96. The van der Waals surface area contributed by atoms with Gasteiger partial charge in [-0.1, -0.05) is 25.9 Å². The summed E-state index contributed by atoms with van der Waals surface area (Å²) in [6, 6.07) is 0. The van der Waals surface area contributed by atoms with Crippen LogP contribution in [0.4, 0.5) is 5.69 Å². The summed E-state index contributed by atoms with van der Waals surface area (Å²) in [5, 5.41) is 6.99. The van der Waals surface area contributed by atoms with Crippen LogP contribution in [-0.2, 0) is 0 Å². The monoisotopic (exact) mass is 182 g/mol. The SMILES string of the molecule is Cc1oncc1NCCC(C)(C)C. The standard InChI is InChI=1S/C10H18N2O/c1-8-9(7-12-13-8)11-6-5-10(2,3)4/h7,11H,5-6H2,1-4H3. The van der Waals surface area contributed by atoms with Gasteiger partial charge in [-0.05, 0) is 18.8 Å². The molecule has 0 saturated carbocycles. The van der Waals surface area contributed by atoms with E-state index in [1.165, 1.54) is 0 Å². The lowest BCUT2D eigenvalue weighted by Crippen LogP contribution is -2.12. The van der Waals surface area contributed by atoms with Crippen molar-refractivity contribution in [1.82, 2.24) is 5.16 Å². The van der Waals surface area contributed by atoms with Gasteiger partial charge in [-0.3, -0.25) is 0 Å². The second-order valence-corrected chi connectivity index (χ2v) is 4.53. The molecule has 3 nitrogen and oxygen atoms in total. The number of rotatable bonds is 3. The predicted molar refractivity (Wildman–Crippen MR) is 53.8 cm³/mol. The summed E-state index contributed by atoms with van der Waals surface area (Å²) < 4.78 is 4.93. The number of aryl methyl sites for hydroxylation is 1. The summed E-state index contributed by atoms with van der Waals surface area (Å²) >= 11 is 0. The third-order valence-electron chi connectivity index (χ3n) is 1.94. The van der Waals surface area contributed by atoms with E-state index in [2.05, 4.69) is 31.2 Å². The van der Waals surface area contributed by atoms with Gasteiger partial charge in [0.2, 0.25) is 0 Å². The van der Waals surface area contributed by atoms with Gasteiger partial charge in [-0.2, -0.15) is 0 Å². The van der Waals surface area contributed by atoms with Gasteiger partial charge in [0.25, 0.3) is 0 Å². The molecule has 0 bridgehead atoms. The number of anilines is 1. The van der Waals surface area contributed by atoms with Crippen LogP contribution in [0.1, 0.15) is 33.0 Å². The van der Waals surface area contributed by atoms with Crippen molar-refractivity contribution in [2.45, 2.75) is 34.1 Å². The fourth-order valence-corrected chi connectivity index (χ4v) is 1.04. The van der Waals surface area contributed by atoms with E-state index in [1.807, 2.05) is 6.92 Å². The number of hydrogen-bond donors (Lipinski definition) is 1. The van der Waals surface area contributed by atoms with Gasteiger partial charge in [0.15, 0.2) is 5.76 Å². The summed E-state index contributed by atoms with van der Waals surface area (Å²) in [7, 11) is 0. The van der Waals surface area contributed by atoms with E-state index >= 15 is 0 Å². The zero-order valence-electron chi connectivity index (χ0n) is 8.85. The molecular formula is C10H18N2O. The molecule has 3 heteroatoms. The molecule has 0 aliphatic carbocycles. The molecule has 13 heavy (non-hydrogen) atoms. The number of nitrogens with zero attached hydrogens (tertiary/aromatic N) is 1. The topological polar surface area (TPSA) is 38.1 Å². The lowest BCUT2D eigenvalue weighted by Gasteiger charge is -2.17. The average Bonchev–Trinajstić information content (AvgIpc) is 2.34. The van der Waals surface area contributed by atoms with Gasteiger partial charge in [0.05, 0.1) is 11.9 Å². The van der Waals surface area contributed by atoms with Gasteiger partial charge in [0, 0.05) is 6.54 Å². The highest BCUT2D eigenvalue weighted by Crippen LogP contribution is 2.19. The fraction of sp³-hybridized carbons (Fsp3) is 0.700. The Morgan fingerprint density at radius 2 is 2.15 bits per heavy atom. The number of hydrogen-bond acceptors (Lipinski definition) is 3. The van der Waals surface area contributed by atoms with Crippen LogP contribution in [0.5, 0.6) is 0 Å². The van der Waals surface area contributed by atoms with E-state index in [-0.39, 0.29) is 0 Å². The molecule has 74 valence electrons. The molecule has 1 aromatic rings. The van der Waals surface area contributed by atoms with Crippen LogP contribution in [-0.4, -0.2) is 11.7 Å². The van der Waals surface area contributed by atoms with E-state index in [0.717, 1.165) is 24.4 Å². The van der Waals surface area contributed by atoms with Crippen molar-refractivity contribution < 1.29 is 4.52 Å². The summed E-state index contributed by atoms with van der Waals surface area (Å²) in [5.74, 6) is 0.855. The van der Waals surface area contributed by atoms with Gasteiger partial charge in [-0.25, -0.2) is 0 Å². The second-order valence-electron chi connectivity index (χ2n) is 4.53. The molecule has 0 saturated heterocycles. The van der Waals surface area contributed by atoms with Crippen molar-refractivity contribution >= 4 is 5.69 Å². The highest BCUT2D eigenvalue weighted by Gasteiger charge is 2.09. The third kappa shape index (κ3) is 3.49. The molecular weight excluding hydrogens is 164 g/mol. The van der Waals surface area contributed by atoms with Crippen molar-refractivity contribution in [2.24, 2.45) is 5.41 Å². The zero-order chi connectivity index (χ0) is 9.90. The molecule has 1 N–H and O–H groups in total. The Morgan fingerprint density at radius 3 is 2.62 bits per heavy atom. The van der Waals surface area contributed by atoms with Crippen LogP contribution < -0.4 is 5.32 Å². The molecule has 1 aromatic heterocycles. The van der Waals surface area contributed by atoms with E-state index in [1.54, 1.807) is 6.20 Å². The first kappa shape index (κ1) is 10.1. The Labute approximate surface area is 79.5 Å². The van der Waals surface area contributed by atoms with Crippen molar-refractivity contribution in [3.63, 3.8) is 0 Å². The zero-order valence-corrected chi connectivity index (χ0v) is 8.85. The van der Waals surface area contributed by atoms with E-state index in [0.29, 0.717) is 5.41 Å². The maximum atomic E-state index is 4.93. The van der Waals surface area contributed by atoms with Gasteiger partial charge >= 0.3 is 0 Å². The third-order valence-corrected chi connectivity index (χ3v) is 1.94. The normalized spacial score (nSPS) is 11.7. The van der Waals surface area contributed by atoms with Crippen molar-refractivity contribution in [3.05, 3.63) is 12.0 Å². The van der Waals surface area contributed by atoms with Crippen molar-refractivity contribution in [2.75, 3.05) is 11.9 Å². The smallest absolute Gasteiger partial charge is 0.156 e. The molecule has 0 radical (unpaired) electrons. The maximum Gasteiger partial charge on any atom is 0.156 e. The number of aromatic nitrogens is 1. The van der Waals surface area contributed by atoms with E-state index in [4.69, 9.17) is 4.52 Å². The van der Waals surface area contributed by atoms with E-state index in [9.17, 15) is 0 Å². The largest absolute Gasteiger partial charge is 0.381 e. The highest BCUT2D eigenvalue weighted by atomic mass is 16.5. The molecule has 1 heterocycles. The molecule has 1 rings (SSSR count). The minimum atomic E-state index is 0.373. The fourth-order valence-electron chi connectivity index (χ4n) is 1.04. The first-order valence-electron chi connectivity index (χ1n) is 4.64. The van der Waals surface area contributed by atoms with Crippen molar-refractivity contribution in [1.29, 1.82) is 0 Å². The lowest BCUT2D eigenvalue weighted by molar-refractivity contribution is 0.388. The average molecular weight is 182 g/mol. The quantitative estimate of drug-likeness (QED) is 0.781. The summed E-state index contributed by atoms with van der Waals surface area (Å²) in [5.41, 5.74) is 1.38. The van der Waals surface area contributed by atoms with Crippen LogP contribution in [0, 0.1) is 12.3 Å². The maximum absolute atomic E-state index is 4.93. The van der Waals surface area contributed by atoms with Crippen LogP contribution in [0.25, 0.3) is 0 Å². The molecule has 0 aliphatic heterocycles. The minimum absolute atomic E-state index is 0.373. The molecule has 0 fully saturated rings. The van der Waals surface area contributed by atoms with Gasteiger partial charge in [0.1, 0.15) is 0 Å². The van der Waals surface area contributed by atoms with Gasteiger partial charge < -0.3 is 9.84 Å². The lowest BCUT2D eigenvalue weighted by atomic mass is 9.92. The first-order valence-corrected chi connectivity index (χ1v) is 4.64. The predicted octanol–water partition coefficient (Wildman–Crippen LogP) is 2.83. The van der Waals surface area contributed by atoms with Crippen LogP contribution in [0.3, 0.4) is 0 Å². The Balaban J connectivity index is 2.32. The van der Waals surface area contributed by atoms with Crippen LogP contribution in [0.15, 0.2) is 10.7 Å². The Hall–Kier alpha value is -0.990. The molecule has 0 spiro atoms. The summed E-state index contributed by atoms with van der Waals surface area (Å²) in [6.45, 7) is 9.57. The molecule has 0 aliphatic rings. The number of nitrogens with one attached hydrogen (secondary N) is 1. The molecule has 0 unspecified atom stereocenters. The molecule has 0 amide bonds. The van der Waals surface area contributed by atoms with Crippen LogP contribution in [0.2, 0.25) is 0 Å². The Morgan fingerprint density at radius 1 is 1.46 bits per heavy atom. The van der Waals surface area contributed by atoms with Gasteiger partial charge in [-0.15, -0.1) is 0 Å². The molecule has 0 aromatic carbocycles. The highest BCUT2D eigenvalue weighted by molar-refractivity contribution is 5.43. The van der Waals surface area contributed by atoms with Crippen molar-refractivity contribution in [3.8, 4) is 0 Å². The Bertz CT molecular complexity index is 260. The molecule has 0 atom stereocenters.